The van der Waals surface area contributed by atoms with Gasteiger partial charge in [-0.3, -0.25) is 0 Å². The molecule has 1 aliphatic heterocycles. The first-order valence-corrected chi connectivity index (χ1v) is 4.87. The fraction of sp³-hybridized carbons (Fsp3) is 0.500. The lowest BCUT2D eigenvalue weighted by molar-refractivity contribution is 0.327. The molecule has 1 aromatic carbocycles. The Morgan fingerprint density at radius 1 is 1.31 bits per heavy atom. The third-order valence-electron chi connectivity index (χ3n) is 2.73. The molecule has 0 saturated carbocycles. The van der Waals surface area contributed by atoms with E-state index in [9.17, 15) is 0 Å². The van der Waals surface area contributed by atoms with Gasteiger partial charge in [-0.1, -0.05) is 38.1 Å². The van der Waals surface area contributed by atoms with Crippen molar-refractivity contribution in [3.05, 3.63) is 35.4 Å². The van der Waals surface area contributed by atoms with Crippen LogP contribution >= 0.6 is 0 Å². The highest BCUT2D eigenvalue weighted by atomic mass is 16.6. The molecule has 1 heterocycles. The Balaban J connectivity index is 2.44. The van der Waals surface area contributed by atoms with Crippen molar-refractivity contribution in [1.29, 1.82) is 0 Å². The number of hydrogen-bond donors (Lipinski definition) is 0. The Hall–Kier alpha value is -0.820. The van der Waals surface area contributed by atoms with E-state index in [1.165, 1.54) is 11.1 Å². The third-order valence-corrected chi connectivity index (χ3v) is 2.73. The SMILES string of the molecule is CC(C)c1ccccc1C1(C)CO1. The van der Waals surface area contributed by atoms with Gasteiger partial charge in [-0.05, 0) is 24.0 Å². The van der Waals surface area contributed by atoms with Gasteiger partial charge < -0.3 is 4.74 Å². The average Bonchev–Trinajstić information content (AvgIpc) is 2.85. The van der Waals surface area contributed by atoms with Gasteiger partial charge in [0.05, 0.1) is 6.61 Å². The molecule has 2 rings (SSSR count). The second-order valence-electron chi connectivity index (χ2n) is 4.26. The summed E-state index contributed by atoms with van der Waals surface area (Å²) in [4.78, 5) is 0. The summed E-state index contributed by atoms with van der Waals surface area (Å²) in [7, 11) is 0. The Morgan fingerprint density at radius 3 is 2.46 bits per heavy atom. The normalized spacial score (nSPS) is 26.5. The fourth-order valence-corrected chi connectivity index (χ4v) is 1.75. The van der Waals surface area contributed by atoms with Crippen LogP contribution in [0.15, 0.2) is 24.3 Å². The Kier molecular flexibility index (Phi) is 1.92. The van der Waals surface area contributed by atoms with E-state index in [1.807, 2.05) is 0 Å². The summed E-state index contributed by atoms with van der Waals surface area (Å²) >= 11 is 0. The van der Waals surface area contributed by atoms with Gasteiger partial charge in [0, 0.05) is 0 Å². The average molecular weight is 176 g/mol. The van der Waals surface area contributed by atoms with Crippen molar-refractivity contribution in [3.63, 3.8) is 0 Å². The summed E-state index contributed by atoms with van der Waals surface area (Å²) in [6.07, 6.45) is 0. The molecule has 1 fully saturated rings. The molecule has 1 unspecified atom stereocenters. The maximum atomic E-state index is 5.47. The molecule has 0 aromatic heterocycles. The summed E-state index contributed by atoms with van der Waals surface area (Å²) in [5, 5.41) is 0. The van der Waals surface area contributed by atoms with E-state index >= 15 is 0 Å². The maximum absolute atomic E-state index is 5.47. The molecule has 0 radical (unpaired) electrons. The number of hydrogen-bond acceptors (Lipinski definition) is 1. The molecular formula is C12H16O. The van der Waals surface area contributed by atoms with Crippen molar-refractivity contribution in [2.75, 3.05) is 6.61 Å². The highest BCUT2D eigenvalue weighted by Crippen LogP contribution is 2.41. The van der Waals surface area contributed by atoms with Crippen LogP contribution in [0.3, 0.4) is 0 Å². The van der Waals surface area contributed by atoms with Crippen molar-refractivity contribution in [1.82, 2.24) is 0 Å². The molecule has 0 spiro atoms. The summed E-state index contributed by atoms with van der Waals surface area (Å²) in [6.45, 7) is 7.49. The molecule has 1 nitrogen and oxygen atoms in total. The van der Waals surface area contributed by atoms with Crippen molar-refractivity contribution in [3.8, 4) is 0 Å². The van der Waals surface area contributed by atoms with E-state index in [1.54, 1.807) is 0 Å². The first kappa shape index (κ1) is 8.76. The largest absolute Gasteiger partial charge is 0.365 e. The molecule has 0 amide bonds. The first-order valence-electron chi connectivity index (χ1n) is 4.87. The topological polar surface area (TPSA) is 12.5 Å². The van der Waals surface area contributed by atoms with Gasteiger partial charge in [0.1, 0.15) is 5.60 Å². The van der Waals surface area contributed by atoms with E-state index in [4.69, 9.17) is 4.74 Å². The van der Waals surface area contributed by atoms with E-state index in [0.29, 0.717) is 5.92 Å². The predicted molar refractivity (Wildman–Crippen MR) is 53.8 cm³/mol. The first-order chi connectivity index (χ1) is 6.13. The minimum absolute atomic E-state index is 0.0147. The molecule has 1 aliphatic rings. The molecule has 0 aliphatic carbocycles. The quantitative estimate of drug-likeness (QED) is 0.631. The van der Waals surface area contributed by atoms with Crippen molar-refractivity contribution in [2.45, 2.75) is 32.3 Å². The zero-order valence-electron chi connectivity index (χ0n) is 8.50. The van der Waals surface area contributed by atoms with Gasteiger partial charge in [0.25, 0.3) is 0 Å². The predicted octanol–water partition coefficient (Wildman–Crippen LogP) is 3.06. The maximum Gasteiger partial charge on any atom is 0.114 e. The summed E-state index contributed by atoms with van der Waals surface area (Å²) < 4.78 is 5.47. The van der Waals surface area contributed by atoms with E-state index in [2.05, 4.69) is 45.0 Å². The monoisotopic (exact) mass is 176 g/mol. The molecule has 1 aromatic rings. The fourth-order valence-electron chi connectivity index (χ4n) is 1.75. The van der Waals surface area contributed by atoms with E-state index in [0.717, 1.165) is 6.61 Å². The Labute approximate surface area is 79.7 Å². The van der Waals surface area contributed by atoms with Crippen LogP contribution in [0.5, 0.6) is 0 Å². The van der Waals surface area contributed by atoms with Crippen molar-refractivity contribution < 1.29 is 4.74 Å². The summed E-state index contributed by atoms with van der Waals surface area (Å²) in [6, 6.07) is 8.58. The van der Waals surface area contributed by atoms with Crippen LogP contribution in [0.25, 0.3) is 0 Å². The summed E-state index contributed by atoms with van der Waals surface area (Å²) in [5.41, 5.74) is 2.80. The third kappa shape index (κ3) is 1.49. The minimum Gasteiger partial charge on any atom is -0.365 e. The van der Waals surface area contributed by atoms with Crippen molar-refractivity contribution >= 4 is 0 Å². The highest BCUT2D eigenvalue weighted by Gasteiger charge is 2.42. The zero-order valence-corrected chi connectivity index (χ0v) is 8.50. The molecule has 13 heavy (non-hydrogen) atoms. The minimum atomic E-state index is 0.0147. The number of epoxide rings is 1. The van der Waals surface area contributed by atoms with Crippen molar-refractivity contribution in [2.24, 2.45) is 0 Å². The van der Waals surface area contributed by atoms with Crippen LogP contribution < -0.4 is 0 Å². The molecule has 0 bridgehead atoms. The van der Waals surface area contributed by atoms with Gasteiger partial charge in [-0.25, -0.2) is 0 Å². The van der Waals surface area contributed by atoms with E-state index < -0.39 is 0 Å². The zero-order chi connectivity index (χ0) is 9.47. The van der Waals surface area contributed by atoms with Crippen LogP contribution in [0, 0.1) is 0 Å². The Bertz CT molecular complexity index is 311. The van der Waals surface area contributed by atoms with Crippen LogP contribution in [0.2, 0.25) is 0 Å². The van der Waals surface area contributed by atoms with Gasteiger partial charge in [-0.15, -0.1) is 0 Å². The van der Waals surface area contributed by atoms with Crippen LogP contribution in [-0.2, 0) is 10.3 Å². The van der Waals surface area contributed by atoms with Gasteiger partial charge >= 0.3 is 0 Å². The van der Waals surface area contributed by atoms with E-state index in [-0.39, 0.29) is 5.60 Å². The smallest absolute Gasteiger partial charge is 0.114 e. The van der Waals surface area contributed by atoms with Crippen LogP contribution in [0.1, 0.15) is 37.8 Å². The lowest BCUT2D eigenvalue weighted by Crippen LogP contribution is -2.07. The van der Waals surface area contributed by atoms with Crippen LogP contribution in [-0.4, -0.2) is 6.61 Å². The second kappa shape index (κ2) is 2.85. The van der Waals surface area contributed by atoms with Gasteiger partial charge in [0.2, 0.25) is 0 Å². The molecule has 1 atom stereocenters. The summed E-state index contributed by atoms with van der Waals surface area (Å²) in [5.74, 6) is 0.581. The lowest BCUT2D eigenvalue weighted by atomic mass is 9.90. The van der Waals surface area contributed by atoms with Crippen LogP contribution in [0.4, 0.5) is 0 Å². The number of benzene rings is 1. The number of ether oxygens (including phenoxy) is 1. The molecule has 1 saturated heterocycles. The molecule has 0 N–H and O–H groups in total. The lowest BCUT2D eigenvalue weighted by Gasteiger charge is -2.15. The molecule has 70 valence electrons. The standard InChI is InChI=1S/C12H16O/c1-9(2)10-6-4-5-7-11(10)12(3)8-13-12/h4-7,9H,8H2,1-3H3. The molecular weight excluding hydrogens is 160 g/mol. The Morgan fingerprint density at radius 2 is 1.92 bits per heavy atom. The van der Waals surface area contributed by atoms with Gasteiger partial charge in [-0.2, -0.15) is 0 Å². The molecule has 1 heteroatoms. The number of rotatable bonds is 2. The second-order valence-corrected chi connectivity index (χ2v) is 4.26. The van der Waals surface area contributed by atoms with Gasteiger partial charge in [0.15, 0.2) is 0 Å². The highest BCUT2D eigenvalue weighted by molar-refractivity contribution is 5.36.